The van der Waals surface area contributed by atoms with Crippen molar-refractivity contribution in [2.24, 2.45) is 5.92 Å². The Kier molecular flexibility index (Phi) is 9.74. The molecular formula is C32H43N7O2S. The number of hydrogen-bond acceptors (Lipinski definition) is 8. The van der Waals surface area contributed by atoms with Crippen LogP contribution >= 0.6 is 11.3 Å². The van der Waals surface area contributed by atoms with Crippen LogP contribution in [0.3, 0.4) is 0 Å². The van der Waals surface area contributed by atoms with Crippen molar-refractivity contribution in [1.82, 2.24) is 20.2 Å². The number of aromatic nitrogens is 2. The molecular weight excluding hydrogens is 546 g/mol. The highest BCUT2D eigenvalue weighted by Crippen LogP contribution is 2.33. The van der Waals surface area contributed by atoms with E-state index in [0.29, 0.717) is 17.8 Å². The molecule has 0 radical (unpaired) electrons. The lowest BCUT2D eigenvalue weighted by Crippen LogP contribution is -2.46. The number of piperidine rings is 2. The maximum Gasteiger partial charge on any atom is 0.275 e. The van der Waals surface area contributed by atoms with Crippen molar-refractivity contribution in [2.45, 2.75) is 71.5 Å². The average molecular weight is 590 g/mol. The summed E-state index contributed by atoms with van der Waals surface area (Å²) in [5.74, 6) is -0.146. The van der Waals surface area contributed by atoms with Gasteiger partial charge in [-0.25, -0.2) is 4.98 Å². The zero-order valence-corrected chi connectivity index (χ0v) is 25.9. The van der Waals surface area contributed by atoms with Crippen LogP contribution in [0.4, 0.5) is 17.1 Å². The van der Waals surface area contributed by atoms with E-state index in [9.17, 15) is 9.59 Å². The third-order valence-corrected chi connectivity index (χ3v) is 9.14. The van der Waals surface area contributed by atoms with Crippen molar-refractivity contribution in [3.05, 3.63) is 53.8 Å². The molecule has 2 aliphatic heterocycles. The summed E-state index contributed by atoms with van der Waals surface area (Å²) in [6, 6.07) is 11.2. The van der Waals surface area contributed by atoms with Gasteiger partial charge in [-0.1, -0.05) is 13.8 Å². The summed E-state index contributed by atoms with van der Waals surface area (Å²) in [7, 11) is 0. The van der Waals surface area contributed by atoms with Crippen LogP contribution in [0, 0.1) is 5.92 Å². The van der Waals surface area contributed by atoms with E-state index in [0.717, 1.165) is 79.5 Å². The minimum atomic E-state index is -0.228. The monoisotopic (exact) mass is 589 g/mol. The van der Waals surface area contributed by atoms with Crippen LogP contribution in [-0.4, -0.2) is 71.0 Å². The molecule has 2 saturated heterocycles. The molecule has 1 aromatic carbocycles. The second-order valence-corrected chi connectivity index (χ2v) is 12.8. The molecule has 10 heteroatoms. The lowest BCUT2D eigenvalue weighted by molar-refractivity contribution is -0.124. The first-order valence-electron chi connectivity index (χ1n) is 15.1. The molecule has 0 unspecified atom stereocenters. The second kappa shape index (κ2) is 13.6. The smallest absolute Gasteiger partial charge is 0.275 e. The van der Waals surface area contributed by atoms with Gasteiger partial charge in [0.2, 0.25) is 5.91 Å². The molecule has 2 amide bonds. The third kappa shape index (κ3) is 7.46. The van der Waals surface area contributed by atoms with E-state index >= 15 is 0 Å². The van der Waals surface area contributed by atoms with E-state index < -0.39 is 0 Å². The minimum Gasteiger partial charge on any atom is -0.382 e. The predicted octanol–water partition coefficient (Wildman–Crippen LogP) is 5.48. The third-order valence-electron chi connectivity index (χ3n) is 8.25. The van der Waals surface area contributed by atoms with Gasteiger partial charge >= 0.3 is 0 Å². The molecule has 0 atom stereocenters. The first kappa shape index (κ1) is 30.0. The highest BCUT2D eigenvalue weighted by atomic mass is 32.1. The Balaban J connectivity index is 1.32. The fourth-order valence-corrected chi connectivity index (χ4v) is 6.43. The number of nitrogens with one attached hydrogen (secondary N) is 3. The fourth-order valence-electron chi connectivity index (χ4n) is 5.62. The van der Waals surface area contributed by atoms with E-state index in [2.05, 4.69) is 67.8 Å². The number of likely N-dealkylation sites (tertiary alicyclic amines) is 1. The number of pyridine rings is 1. The van der Waals surface area contributed by atoms with E-state index in [1.807, 2.05) is 26.0 Å². The van der Waals surface area contributed by atoms with E-state index in [-0.39, 0.29) is 23.8 Å². The van der Waals surface area contributed by atoms with Gasteiger partial charge in [0, 0.05) is 79.2 Å². The van der Waals surface area contributed by atoms with Gasteiger partial charge in [-0.05, 0) is 69.9 Å². The fraction of sp³-hybridized carbons (Fsp3) is 0.500. The molecule has 0 bridgehead atoms. The van der Waals surface area contributed by atoms with Gasteiger partial charge in [0.1, 0.15) is 10.7 Å². The summed E-state index contributed by atoms with van der Waals surface area (Å²) in [4.78, 5) is 39.2. The number of amides is 2. The predicted molar refractivity (Wildman–Crippen MR) is 171 cm³/mol. The van der Waals surface area contributed by atoms with Gasteiger partial charge in [0.25, 0.3) is 5.91 Å². The Labute approximate surface area is 253 Å². The molecule has 2 fully saturated rings. The zero-order chi connectivity index (χ0) is 29.6. The molecule has 42 heavy (non-hydrogen) atoms. The minimum absolute atomic E-state index is 0.0210. The molecule has 5 rings (SSSR count). The number of benzene rings is 1. The molecule has 2 aliphatic rings. The van der Waals surface area contributed by atoms with E-state index in [4.69, 9.17) is 0 Å². The molecule has 2 aromatic heterocycles. The first-order chi connectivity index (χ1) is 20.3. The average Bonchev–Trinajstić information content (AvgIpc) is 3.49. The van der Waals surface area contributed by atoms with Crippen molar-refractivity contribution in [3.8, 4) is 10.6 Å². The summed E-state index contributed by atoms with van der Waals surface area (Å²) >= 11 is 1.45. The number of rotatable bonds is 9. The van der Waals surface area contributed by atoms with Crippen LogP contribution in [0.2, 0.25) is 0 Å². The Hall–Kier alpha value is -3.50. The van der Waals surface area contributed by atoms with Gasteiger partial charge in [-0.15, -0.1) is 11.3 Å². The molecule has 4 heterocycles. The quantitative estimate of drug-likeness (QED) is 0.304. The Bertz CT molecular complexity index is 1340. The number of carbonyl (C=O) groups excluding carboxylic acids is 2. The lowest BCUT2D eigenvalue weighted by atomic mass is 10.0. The van der Waals surface area contributed by atoms with Crippen molar-refractivity contribution in [2.75, 3.05) is 41.7 Å². The number of thiazole rings is 1. The van der Waals surface area contributed by atoms with Crippen molar-refractivity contribution < 1.29 is 9.59 Å². The van der Waals surface area contributed by atoms with Crippen LogP contribution in [0.5, 0.6) is 0 Å². The van der Waals surface area contributed by atoms with Crippen molar-refractivity contribution in [1.29, 1.82) is 0 Å². The summed E-state index contributed by atoms with van der Waals surface area (Å²) in [6.07, 6.45) is 7.36. The number of nitrogens with zero attached hydrogens (tertiary/aromatic N) is 4. The first-order valence-corrected chi connectivity index (χ1v) is 16.0. The van der Waals surface area contributed by atoms with Crippen molar-refractivity contribution >= 4 is 40.2 Å². The Morgan fingerprint density at radius 2 is 1.62 bits per heavy atom. The van der Waals surface area contributed by atoms with Gasteiger partial charge < -0.3 is 25.8 Å². The highest BCUT2D eigenvalue weighted by molar-refractivity contribution is 7.13. The van der Waals surface area contributed by atoms with Crippen LogP contribution in [0.15, 0.2) is 48.1 Å². The van der Waals surface area contributed by atoms with Crippen LogP contribution in [-0.2, 0) is 4.79 Å². The van der Waals surface area contributed by atoms with Crippen LogP contribution in [0.25, 0.3) is 10.6 Å². The van der Waals surface area contributed by atoms with Gasteiger partial charge in [0.15, 0.2) is 0 Å². The molecule has 0 aliphatic carbocycles. The molecule has 224 valence electrons. The Morgan fingerprint density at radius 1 is 0.929 bits per heavy atom. The molecule has 0 saturated carbocycles. The summed E-state index contributed by atoms with van der Waals surface area (Å²) in [6.45, 7) is 12.1. The Morgan fingerprint density at radius 3 is 2.29 bits per heavy atom. The SMILES string of the molecule is CC(C)C(=O)NC1CCN(c2ccc(NC3CCN(C(C)C)CC3)cc2NC(=O)c2csc(-c3ccncc3)n2)CC1. The lowest BCUT2D eigenvalue weighted by Gasteiger charge is -2.36. The van der Waals surface area contributed by atoms with Gasteiger partial charge in [0.05, 0.1) is 11.4 Å². The molecule has 3 aromatic rings. The number of hydrogen-bond donors (Lipinski definition) is 3. The van der Waals surface area contributed by atoms with E-state index in [1.54, 1.807) is 17.8 Å². The zero-order valence-electron chi connectivity index (χ0n) is 25.1. The van der Waals surface area contributed by atoms with Crippen molar-refractivity contribution in [3.63, 3.8) is 0 Å². The van der Waals surface area contributed by atoms with Crippen LogP contribution in [0.1, 0.15) is 63.9 Å². The molecule has 9 nitrogen and oxygen atoms in total. The highest BCUT2D eigenvalue weighted by Gasteiger charge is 2.25. The molecule has 0 spiro atoms. The number of carbonyl (C=O) groups is 2. The van der Waals surface area contributed by atoms with Gasteiger partial charge in [-0.3, -0.25) is 14.6 Å². The largest absolute Gasteiger partial charge is 0.382 e. The van der Waals surface area contributed by atoms with E-state index in [1.165, 1.54) is 11.3 Å². The standard InChI is InChI=1S/C32H43N7O2S/c1-21(2)30(40)35-25-11-17-39(18-12-25)29-6-5-26(34-24-9-15-38(16-10-24)22(3)4)19-27(29)36-31(41)28-20-42-32(37-28)23-7-13-33-14-8-23/h5-8,13-14,19-22,24-25,34H,9-12,15-18H2,1-4H3,(H,35,40)(H,36,41). The van der Waals surface area contributed by atoms with Gasteiger partial charge in [-0.2, -0.15) is 0 Å². The topological polar surface area (TPSA) is 102 Å². The maximum absolute atomic E-state index is 13.5. The maximum atomic E-state index is 13.5. The molecule has 3 N–H and O–H groups in total. The normalized spacial score (nSPS) is 17.0. The van der Waals surface area contributed by atoms with Crippen LogP contribution < -0.4 is 20.9 Å². The summed E-state index contributed by atoms with van der Waals surface area (Å²) < 4.78 is 0. The number of anilines is 3. The summed E-state index contributed by atoms with van der Waals surface area (Å²) in [5, 5.41) is 12.7. The summed E-state index contributed by atoms with van der Waals surface area (Å²) in [5.41, 5.74) is 4.10. The second-order valence-electron chi connectivity index (χ2n) is 11.9.